The van der Waals surface area contributed by atoms with E-state index in [-0.39, 0.29) is 10.1 Å². The van der Waals surface area contributed by atoms with Crippen LogP contribution < -0.4 is 5.32 Å². The monoisotopic (exact) mass is 277 g/mol. The van der Waals surface area contributed by atoms with Crippen LogP contribution >= 0.6 is 11.8 Å². The van der Waals surface area contributed by atoms with Crippen molar-refractivity contribution in [2.75, 3.05) is 0 Å². The molecule has 0 bridgehead atoms. The number of hydrogen-bond acceptors (Lipinski definition) is 4. The molecule has 1 unspecified atom stereocenters. The first-order chi connectivity index (χ1) is 8.97. The van der Waals surface area contributed by atoms with E-state index in [2.05, 4.69) is 5.32 Å². The normalized spacial score (nSPS) is 25.8. The Hall–Kier alpha value is -1.46. The molecule has 2 heterocycles. The minimum atomic E-state index is -0.823. The number of thioether (sulfide) groups is 1. The van der Waals surface area contributed by atoms with Crippen molar-refractivity contribution in [3.05, 3.63) is 36.1 Å². The molecular formula is C14H15NO3S. The van der Waals surface area contributed by atoms with Gasteiger partial charge in [-0.15, -0.1) is 11.8 Å². The summed E-state index contributed by atoms with van der Waals surface area (Å²) in [5.74, 6) is -0.0425. The molecular weight excluding hydrogens is 262 g/mol. The van der Waals surface area contributed by atoms with Gasteiger partial charge in [-0.25, -0.2) is 0 Å². The van der Waals surface area contributed by atoms with Gasteiger partial charge in [-0.3, -0.25) is 10.1 Å². The van der Waals surface area contributed by atoms with Crippen LogP contribution in [0, 0.1) is 0 Å². The predicted octanol–water partition coefficient (Wildman–Crippen LogP) is 3.00. The Balaban J connectivity index is 1.93. The highest BCUT2D eigenvalue weighted by Gasteiger charge is 2.46. The molecule has 1 aromatic carbocycles. The summed E-state index contributed by atoms with van der Waals surface area (Å²) in [5.41, 5.74) is 0.830. The molecule has 1 saturated heterocycles. The molecule has 0 aliphatic carbocycles. The number of benzene rings is 1. The molecule has 2 N–H and O–H groups in total. The van der Waals surface area contributed by atoms with Crippen molar-refractivity contribution in [2.45, 2.75) is 30.0 Å². The van der Waals surface area contributed by atoms with E-state index in [0.717, 1.165) is 16.7 Å². The fraction of sp³-hybridized carbons (Fsp3) is 0.357. The molecule has 0 saturated carbocycles. The Morgan fingerprint density at radius 3 is 2.79 bits per heavy atom. The number of carbonyl (C=O) groups is 1. The topological polar surface area (TPSA) is 62.5 Å². The van der Waals surface area contributed by atoms with Crippen molar-refractivity contribution in [3.63, 3.8) is 0 Å². The summed E-state index contributed by atoms with van der Waals surface area (Å²) >= 11 is 1.59. The van der Waals surface area contributed by atoms with Gasteiger partial charge in [-0.05, 0) is 26.0 Å². The van der Waals surface area contributed by atoms with Crippen molar-refractivity contribution in [2.24, 2.45) is 0 Å². The predicted molar refractivity (Wildman–Crippen MR) is 75.2 cm³/mol. The molecule has 1 aromatic heterocycles. The molecule has 19 heavy (non-hydrogen) atoms. The van der Waals surface area contributed by atoms with Crippen LogP contribution in [0.5, 0.6) is 0 Å². The van der Waals surface area contributed by atoms with E-state index < -0.39 is 12.0 Å². The molecule has 0 amide bonds. The van der Waals surface area contributed by atoms with E-state index in [9.17, 15) is 9.90 Å². The van der Waals surface area contributed by atoms with Crippen molar-refractivity contribution in [1.29, 1.82) is 0 Å². The van der Waals surface area contributed by atoms with E-state index in [0.29, 0.717) is 0 Å². The van der Waals surface area contributed by atoms with Gasteiger partial charge in [0.2, 0.25) is 0 Å². The molecule has 0 spiro atoms. The molecule has 1 aliphatic rings. The second-order valence-corrected chi connectivity index (χ2v) is 6.99. The van der Waals surface area contributed by atoms with Gasteiger partial charge in [0.05, 0.1) is 0 Å². The van der Waals surface area contributed by atoms with Crippen LogP contribution in [0.2, 0.25) is 0 Å². The number of para-hydroxylation sites is 1. The summed E-state index contributed by atoms with van der Waals surface area (Å²) < 4.78 is 5.43. The smallest absolute Gasteiger partial charge is 0.322 e. The Morgan fingerprint density at radius 2 is 2.16 bits per heavy atom. The first-order valence-corrected chi connectivity index (χ1v) is 7.00. The highest BCUT2D eigenvalue weighted by molar-refractivity contribution is 8.01. The van der Waals surface area contributed by atoms with Gasteiger partial charge in [0.25, 0.3) is 0 Å². The highest BCUT2D eigenvalue weighted by atomic mass is 32.2. The molecule has 5 heteroatoms. The summed E-state index contributed by atoms with van der Waals surface area (Å²) in [7, 11) is 0. The Morgan fingerprint density at radius 1 is 1.42 bits per heavy atom. The highest BCUT2D eigenvalue weighted by Crippen LogP contribution is 2.46. The number of furan rings is 1. The number of nitrogens with one attached hydrogen (secondary N) is 1. The molecule has 100 valence electrons. The van der Waals surface area contributed by atoms with Gasteiger partial charge < -0.3 is 9.52 Å². The number of carboxylic acids is 1. The minimum Gasteiger partial charge on any atom is -0.480 e. The summed E-state index contributed by atoms with van der Waals surface area (Å²) in [5, 5.41) is 13.3. The summed E-state index contributed by atoms with van der Waals surface area (Å²) in [6, 6.07) is 9.19. The number of carboxylic acid groups (broad SMARTS) is 1. The molecule has 4 nitrogen and oxygen atoms in total. The molecule has 1 aliphatic heterocycles. The van der Waals surface area contributed by atoms with E-state index >= 15 is 0 Å². The van der Waals surface area contributed by atoms with Gasteiger partial charge in [-0.2, -0.15) is 0 Å². The maximum Gasteiger partial charge on any atom is 0.322 e. The fourth-order valence-electron chi connectivity index (χ4n) is 2.40. The maximum atomic E-state index is 11.3. The largest absolute Gasteiger partial charge is 0.480 e. The average molecular weight is 277 g/mol. The van der Waals surface area contributed by atoms with Crippen LogP contribution in [0.1, 0.15) is 25.0 Å². The quantitative estimate of drug-likeness (QED) is 0.883. The third-order valence-corrected chi connectivity index (χ3v) is 4.83. The van der Waals surface area contributed by atoms with Crippen LogP contribution in [0.3, 0.4) is 0 Å². The van der Waals surface area contributed by atoms with Crippen LogP contribution in [0.4, 0.5) is 0 Å². The third-order valence-electron chi connectivity index (χ3n) is 3.38. The van der Waals surface area contributed by atoms with Crippen molar-refractivity contribution < 1.29 is 14.3 Å². The number of aliphatic carboxylic acids is 1. The van der Waals surface area contributed by atoms with Gasteiger partial charge in [0.1, 0.15) is 22.8 Å². The second kappa shape index (κ2) is 4.28. The molecule has 3 rings (SSSR count). The standard InChI is InChI=1S/C14H15NO3S/c1-14(2)11(13(16)17)15-12(19-14)10-7-8-5-3-4-6-9(8)18-10/h3-7,11-12,15H,1-2H3,(H,16,17)/t11-,12?/m0/s1. The van der Waals surface area contributed by atoms with E-state index in [1.54, 1.807) is 11.8 Å². The van der Waals surface area contributed by atoms with Gasteiger partial charge in [0.15, 0.2) is 0 Å². The number of hydrogen-bond donors (Lipinski definition) is 2. The SMILES string of the molecule is CC1(C)SC(c2cc3ccccc3o2)N[C@H]1C(=O)O. The lowest BCUT2D eigenvalue weighted by molar-refractivity contribution is -0.139. The van der Waals surface area contributed by atoms with Gasteiger partial charge >= 0.3 is 5.97 Å². The zero-order valence-electron chi connectivity index (χ0n) is 10.7. The van der Waals surface area contributed by atoms with Crippen molar-refractivity contribution in [3.8, 4) is 0 Å². The Labute approximate surface area is 115 Å². The lowest BCUT2D eigenvalue weighted by Crippen LogP contribution is -2.43. The summed E-state index contributed by atoms with van der Waals surface area (Å²) in [6.07, 6.45) is 0. The maximum absolute atomic E-state index is 11.3. The molecule has 2 atom stereocenters. The third kappa shape index (κ3) is 2.13. The number of rotatable bonds is 2. The minimum absolute atomic E-state index is 0.122. The van der Waals surface area contributed by atoms with Gasteiger partial charge in [0, 0.05) is 10.1 Å². The van der Waals surface area contributed by atoms with Crippen LogP contribution in [-0.4, -0.2) is 21.9 Å². The average Bonchev–Trinajstić information content (AvgIpc) is 2.88. The van der Waals surface area contributed by atoms with Crippen molar-refractivity contribution >= 4 is 28.7 Å². The Bertz CT molecular complexity index is 601. The van der Waals surface area contributed by atoms with E-state index in [1.165, 1.54) is 0 Å². The molecule has 1 fully saturated rings. The summed E-state index contributed by atoms with van der Waals surface area (Å²) in [6.45, 7) is 3.87. The van der Waals surface area contributed by atoms with E-state index in [4.69, 9.17) is 4.42 Å². The van der Waals surface area contributed by atoms with Crippen LogP contribution in [0.25, 0.3) is 11.0 Å². The van der Waals surface area contributed by atoms with Crippen LogP contribution in [-0.2, 0) is 4.79 Å². The van der Waals surface area contributed by atoms with Crippen molar-refractivity contribution in [1.82, 2.24) is 5.32 Å². The van der Waals surface area contributed by atoms with Gasteiger partial charge in [-0.1, -0.05) is 18.2 Å². The lowest BCUT2D eigenvalue weighted by atomic mass is 10.0. The molecule has 0 radical (unpaired) electrons. The number of fused-ring (bicyclic) bond motifs is 1. The lowest BCUT2D eigenvalue weighted by Gasteiger charge is -2.20. The molecule has 2 aromatic rings. The first kappa shape index (κ1) is 12.6. The van der Waals surface area contributed by atoms with E-state index in [1.807, 2.05) is 44.2 Å². The zero-order valence-corrected chi connectivity index (χ0v) is 11.5. The zero-order chi connectivity index (χ0) is 13.6. The Kier molecular flexibility index (Phi) is 2.83. The summed E-state index contributed by atoms with van der Waals surface area (Å²) in [4.78, 5) is 11.3. The fourth-order valence-corrected chi connectivity index (χ4v) is 3.75. The first-order valence-electron chi connectivity index (χ1n) is 6.12. The van der Waals surface area contributed by atoms with Crippen LogP contribution in [0.15, 0.2) is 34.7 Å². The second-order valence-electron chi connectivity index (χ2n) is 5.23.